The SMILES string of the molecule is CC(OCC1CCNCC1)C(=O)NC(C)(C)C. The number of amides is 1. The lowest BCUT2D eigenvalue weighted by atomic mass is 9.99. The second-order valence-corrected chi connectivity index (χ2v) is 5.91. The summed E-state index contributed by atoms with van der Waals surface area (Å²) >= 11 is 0. The van der Waals surface area contributed by atoms with Crippen LogP contribution in [0.25, 0.3) is 0 Å². The fraction of sp³-hybridized carbons (Fsp3) is 0.923. The molecule has 0 aliphatic carbocycles. The van der Waals surface area contributed by atoms with E-state index in [1.165, 1.54) is 0 Å². The second-order valence-electron chi connectivity index (χ2n) is 5.91. The summed E-state index contributed by atoms with van der Waals surface area (Å²) in [7, 11) is 0. The minimum Gasteiger partial charge on any atom is -0.368 e. The number of piperidine rings is 1. The number of hydrogen-bond acceptors (Lipinski definition) is 3. The average molecular weight is 242 g/mol. The van der Waals surface area contributed by atoms with Gasteiger partial charge in [-0.25, -0.2) is 0 Å². The summed E-state index contributed by atoms with van der Waals surface area (Å²) in [5, 5.41) is 6.25. The first-order valence-corrected chi connectivity index (χ1v) is 6.53. The first-order chi connectivity index (χ1) is 7.88. The lowest BCUT2D eigenvalue weighted by Crippen LogP contribution is -2.46. The van der Waals surface area contributed by atoms with Gasteiger partial charge in [-0.3, -0.25) is 4.79 Å². The lowest BCUT2D eigenvalue weighted by Gasteiger charge is -2.26. The van der Waals surface area contributed by atoms with E-state index in [0.717, 1.165) is 25.9 Å². The summed E-state index contributed by atoms with van der Waals surface area (Å²) in [6.45, 7) is 10.6. The van der Waals surface area contributed by atoms with E-state index in [0.29, 0.717) is 12.5 Å². The number of hydrogen-bond donors (Lipinski definition) is 2. The Balaban J connectivity index is 2.23. The molecule has 4 heteroatoms. The highest BCUT2D eigenvalue weighted by Gasteiger charge is 2.21. The predicted octanol–water partition coefficient (Wildman–Crippen LogP) is 1.31. The van der Waals surface area contributed by atoms with E-state index < -0.39 is 0 Å². The molecule has 0 aromatic rings. The fourth-order valence-electron chi connectivity index (χ4n) is 1.88. The molecule has 1 fully saturated rings. The minimum atomic E-state index is -0.357. The molecule has 1 rings (SSSR count). The van der Waals surface area contributed by atoms with Gasteiger partial charge >= 0.3 is 0 Å². The molecule has 0 saturated carbocycles. The summed E-state index contributed by atoms with van der Waals surface area (Å²) in [5.41, 5.74) is -0.191. The van der Waals surface area contributed by atoms with Gasteiger partial charge in [-0.15, -0.1) is 0 Å². The van der Waals surface area contributed by atoms with Crippen molar-refractivity contribution in [3.8, 4) is 0 Å². The zero-order valence-corrected chi connectivity index (χ0v) is 11.5. The van der Waals surface area contributed by atoms with Crippen molar-refractivity contribution in [1.82, 2.24) is 10.6 Å². The molecule has 1 heterocycles. The Morgan fingerprint density at radius 2 is 2.00 bits per heavy atom. The van der Waals surface area contributed by atoms with Gasteiger partial charge in [0.25, 0.3) is 0 Å². The van der Waals surface area contributed by atoms with Gasteiger partial charge in [0.05, 0.1) is 6.61 Å². The standard InChI is InChI=1S/C13H26N2O2/c1-10(12(16)15-13(2,3)4)17-9-11-5-7-14-8-6-11/h10-11,14H,5-9H2,1-4H3,(H,15,16). The Labute approximate surface area is 104 Å². The smallest absolute Gasteiger partial charge is 0.249 e. The molecular formula is C13H26N2O2. The molecule has 1 atom stereocenters. The third-order valence-electron chi connectivity index (χ3n) is 2.91. The highest BCUT2D eigenvalue weighted by Crippen LogP contribution is 2.13. The van der Waals surface area contributed by atoms with Crippen molar-refractivity contribution in [1.29, 1.82) is 0 Å². The van der Waals surface area contributed by atoms with E-state index in [2.05, 4.69) is 10.6 Å². The van der Waals surface area contributed by atoms with Crippen molar-refractivity contribution < 1.29 is 9.53 Å². The van der Waals surface area contributed by atoms with Gasteiger partial charge in [0.15, 0.2) is 0 Å². The largest absolute Gasteiger partial charge is 0.368 e. The van der Waals surface area contributed by atoms with Crippen LogP contribution in [-0.2, 0) is 9.53 Å². The van der Waals surface area contributed by atoms with E-state index in [1.807, 2.05) is 27.7 Å². The molecule has 0 radical (unpaired) electrons. The number of ether oxygens (including phenoxy) is 1. The molecule has 0 bridgehead atoms. The maximum absolute atomic E-state index is 11.8. The monoisotopic (exact) mass is 242 g/mol. The minimum absolute atomic E-state index is 0.0218. The molecular weight excluding hydrogens is 216 g/mol. The van der Waals surface area contributed by atoms with E-state index >= 15 is 0 Å². The van der Waals surface area contributed by atoms with Crippen LogP contribution in [0.3, 0.4) is 0 Å². The second kappa shape index (κ2) is 6.36. The van der Waals surface area contributed by atoms with Crippen molar-refractivity contribution in [3.63, 3.8) is 0 Å². The molecule has 1 aliphatic heterocycles. The van der Waals surface area contributed by atoms with Gasteiger partial charge in [-0.1, -0.05) is 0 Å². The average Bonchev–Trinajstić information content (AvgIpc) is 2.25. The Morgan fingerprint density at radius 1 is 1.41 bits per heavy atom. The van der Waals surface area contributed by atoms with Crippen LogP contribution in [0.1, 0.15) is 40.5 Å². The van der Waals surface area contributed by atoms with Crippen LogP contribution >= 0.6 is 0 Å². The zero-order chi connectivity index (χ0) is 12.9. The van der Waals surface area contributed by atoms with Crippen LogP contribution in [0.4, 0.5) is 0 Å². The van der Waals surface area contributed by atoms with Crippen molar-refractivity contribution in [2.24, 2.45) is 5.92 Å². The van der Waals surface area contributed by atoms with Gasteiger partial charge in [-0.05, 0) is 59.5 Å². The zero-order valence-electron chi connectivity index (χ0n) is 11.5. The number of carbonyl (C=O) groups is 1. The Bertz CT molecular complexity index is 242. The topological polar surface area (TPSA) is 50.4 Å². The molecule has 1 unspecified atom stereocenters. The Hall–Kier alpha value is -0.610. The highest BCUT2D eigenvalue weighted by atomic mass is 16.5. The number of nitrogens with one attached hydrogen (secondary N) is 2. The first-order valence-electron chi connectivity index (χ1n) is 6.53. The Morgan fingerprint density at radius 3 is 2.53 bits per heavy atom. The van der Waals surface area contributed by atoms with Crippen molar-refractivity contribution in [2.45, 2.75) is 52.2 Å². The van der Waals surface area contributed by atoms with E-state index in [9.17, 15) is 4.79 Å². The summed E-state index contributed by atoms with van der Waals surface area (Å²) in [6, 6.07) is 0. The third kappa shape index (κ3) is 6.03. The molecule has 4 nitrogen and oxygen atoms in total. The van der Waals surface area contributed by atoms with E-state index in [-0.39, 0.29) is 17.6 Å². The maximum atomic E-state index is 11.8. The molecule has 1 amide bonds. The van der Waals surface area contributed by atoms with Gasteiger partial charge in [-0.2, -0.15) is 0 Å². The van der Waals surface area contributed by atoms with Crippen LogP contribution in [0, 0.1) is 5.92 Å². The lowest BCUT2D eigenvalue weighted by molar-refractivity contribution is -0.134. The summed E-state index contributed by atoms with van der Waals surface area (Å²) < 4.78 is 5.65. The summed E-state index contributed by atoms with van der Waals surface area (Å²) in [6.07, 6.45) is 1.94. The molecule has 100 valence electrons. The van der Waals surface area contributed by atoms with Gasteiger partial charge in [0.1, 0.15) is 6.10 Å². The quantitative estimate of drug-likeness (QED) is 0.781. The van der Waals surface area contributed by atoms with E-state index in [1.54, 1.807) is 0 Å². The molecule has 0 aromatic heterocycles. The van der Waals surface area contributed by atoms with Crippen LogP contribution in [-0.4, -0.2) is 37.2 Å². The molecule has 2 N–H and O–H groups in total. The van der Waals surface area contributed by atoms with Crippen LogP contribution in [0.15, 0.2) is 0 Å². The van der Waals surface area contributed by atoms with Crippen molar-refractivity contribution in [2.75, 3.05) is 19.7 Å². The molecule has 17 heavy (non-hydrogen) atoms. The first kappa shape index (κ1) is 14.5. The Kier molecular flexibility index (Phi) is 5.40. The molecule has 1 aliphatic rings. The number of rotatable bonds is 4. The summed E-state index contributed by atoms with van der Waals surface area (Å²) in [5.74, 6) is 0.576. The van der Waals surface area contributed by atoms with Crippen LogP contribution in [0.2, 0.25) is 0 Å². The number of carbonyl (C=O) groups excluding carboxylic acids is 1. The van der Waals surface area contributed by atoms with Gasteiger partial charge < -0.3 is 15.4 Å². The van der Waals surface area contributed by atoms with E-state index in [4.69, 9.17) is 4.74 Å². The predicted molar refractivity (Wildman–Crippen MR) is 68.9 cm³/mol. The van der Waals surface area contributed by atoms with Crippen molar-refractivity contribution >= 4 is 5.91 Å². The fourth-order valence-corrected chi connectivity index (χ4v) is 1.88. The molecule has 1 saturated heterocycles. The van der Waals surface area contributed by atoms with Crippen LogP contribution < -0.4 is 10.6 Å². The normalized spacial score (nSPS) is 20.0. The van der Waals surface area contributed by atoms with Gasteiger partial charge in [0, 0.05) is 5.54 Å². The summed E-state index contributed by atoms with van der Waals surface area (Å²) in [4.78, 5) is 11.8. The van der Waals surface area contributed by atoms with Crippen LogP contribution in [0.5, 0.6) is 0 Å². The third-order valence-corrected chi connectivity index (χ3v) is 2.91. The molecule has 0 spiro atoms. The highest BCUT2D eigenvalue weighted by molar-refractivity contribution is 5.80. The van der Waals surface area contributed by atoms with Gasteiger partial charge in [0.2, 0.25) is 5.91 Å². The van der Waals surface area contributed by atoms with Crippen molar-refractivity contribution in [3.05, 3.63) is 0 Å². The molecule has 0 aromatic carbocycles. The maximum Gasteiger partial charge on any atom is 0.249 e.